The Bertz CT molecular complexity index is 131. The van der Waals surface area contributed by atoms with Gasteiger partial charge in [0, 0.05) is 0 Å². The molecule has 0 aromatic carbocycles. The first-order valence-electron chi connectivity index (χ1n) is 4.13. The molecule has 0 spiro atoms. The van der Waals surface area contributed by atoms with Crippen LogP contribution in [0.3, 0.4) is 0 Å². The molecule has 0 bridgehead atoms. The smallest absolute Gasteiger partial charge is 0.0973 e. The normalized spacial score (nSPS) is 21.6. The van der Waals surface area contributed by atoms with Gasteiger partial charge in [0.15, 0.2) is 0 Å². The fraction of sp³-hybridized carbons (Fsp3) is 0.778. The molecule has 0 saturated carbocycles. The van der Waals surface area contributed by atoms with Gasteiger partial charge in [-0.15, -0.1) is 0 Å². The Morgan fingerprint density at radius 3 is 2.64 bits per heavy atom. The third-order valence-corrected chi connectivity index (χ3v) is 2.19. The van der Waals surface area contributed by atoms with Crippen molar-refractivity contribution in [1.82, 2.24) is 0 Å². The highest BCUT2D eigenvalue weighted by Crippen LogP contribution is 2.31. The summed E-state index contributed by atoms with van der Waals surface area (Å²) in [6.07, 6.45) is 4.79. The third-order valence-electron chi connectivity index (χ3n) is 2.19. The van der Waals surface area contributed by atoms with Crippen LogP contribution in [0.5, 0.6) is 0 Å². The Morgan fingerprint density at radius 1 is 1.55 bits per heavy atom. The van der Waals surface area contributed by atoms with E-state index in [1.54, 1.807) is 6.26 Å². The Morgan fingerprint density at radius 2 is 2.27 bits per heavy atom. The van der Waals surface area contributed by atoms with E-state index >= 15 is 0 Å². The molecular formula is C9H16O2. The van der Waals surface area contributed by atoms with Crippen LogP contribution >= 0.6 is 0 Å². The Hall–Kier alpha value is -0.500. The van der Waals surface area contributed by atoms with Gasteiger partial charge >= 0.3 is 0 Å². The highest BCUT2D eigenvalue weighted by atomic mass is 16.5. The van der Waals surface area contributed by atoms with Crippen LogP contribution in [-0.4, -0.2) is 19.8 Å². The van der Waals surface area contributed by atoms with Crippen molar-refractivity contribution in [1.29, 1.82) is 0 Å². The summed E-state index contributed by atoms with van der Waals surface area (Å²) in [7, 11) is 0. The Labute approximate surface area is 68.2 Å². The van der Waals surface area contributed by atoms with E-state index in [9.17, 15) is 0 Å². The third kappa shape index (κ3) is 1.96. The van der Waals surface area contributed by atoms with Gasteiger partial charge < -0.3 is 9.47 Å². The van der Waals surface area contributed by atoms with Crippen LogP contribution in [0.4, 0.5) is 0 Å². The molecule has 2 nitrogen and oxygen atoms in total. The van der Waals surface area contributed by atoms with Gasteiger partial charge in [0.25, 0.3) is 0 Å². The lowest BCUT2D eigenvalue weighted by atomic mass is 9.84. The average molecular weight is 156 g/mol. The molecule has 1 heterocycles. The van der Waals surface area contributed by atoms with Crippen molar-refractivity contribution in [2.75, 3.05) is 19.8 Å². The first-order chi connectivity index (χ1) is 5.33. The van der Waals surface area contributed by atoms with Crippen molar-refractivity contribution in [2.45, 2.75) is 20.3 Å². The zero-order chi connectivity index (χ0) is 8.16. The lowest BCUT2D eigenvalue weighted by Crippen LogP contribution is -2.45. The topological polar surface area (TPSA) is 18.5 Å². The molecule has 0 unspecified atom stereocenters. The highest BCUT2D eigenvalue weighted by Gasteiger charge is 2.37. The van der Waals surface area contributed by atoms with Gasteiger partial charge in [-0.05, 0) is 13.3 Å². The van der Waals surface area contributed by atoms with Crippen molar-refractivity contribution < 1.29 is 9.47 Å². The first-order valence-corrected chi connectivity index (χ1v) is 4.13. The molecule has 1 fully saturated rings. The quantitative estimate of drug-likeness (QED) is 0.579. The lowest BCUT2D eigenvalue weighted by Gasteiger charge is -2.39. The fourth-order valence-electron chi connectivity index (χ4n) is 1.10. The van der Waals surface area contributed by atoms with Gasteiger partial charge in [-0.3, -0.25) is 0 Å². The van der Waals surface area contributed by atoms with Crippen LogP contribution in [0, 0.1) is 5.41 Å². The van der Waals surface area contributed by atoms with Crippen LogP contribution < -0.4 is 0 Å². The first kappa shape index (κ1) is 8.60. The Balaban J connectivity index is 2.21. The number of hydrogen-bond acceptors (Lipinski definition) is 2. The molecule has 2 heteroatoms. The highest BCUT2D eigenvalue weighted by molar-refractivity contribution is 4.84. The van der Waals surface area contributed by atoms with Gasteiger partial charge in [-0.2, -0.15) is 0 Å². The van der Waals surface area contributed by atoms with Gasteiger partial charge in [-0.25, -0.2) is 0 Å². The van der Waals surface area contributed by atoms with E-state index in [1.807, 2.05) is 13.0 Å². The summed E-state index contributed by atoms with van der Waals surface area (Å²) >= 11 is 0. The molecule has 1 saturated heterocycles. The molecule has 0 atom stereocenters. The van der Waals surface area contributed by atoms with E-state index < -0.39 is 0 Å². The van der Waals surface area contributed by atoms with E-state index in [4.69, 9.17) is 9.47 Å². The summed E-state index contributed by atoms with van der Waals surface area (Å²) < 4.78 is 10.5. The summed E-state index contributed by atoms with van der Waals surface area (Å²) in [6, 6.07) is 0. The molecule has 0 N–H and O–H groups in total. The summed E-state index contributed by atoms with van der Waals surface area (Å²) in [5.41, 5.74) is 0.319. The monoisotopic (exact) mass is 156 g/mol. The van der Waals surface area contributed by atoms with E-state index in [1.165, 1.54) is 0 Å². The second-order valence-electron chi connectivity index (χ2n) is 3.13. The van der Waals surface area contributed by atoms with E-state index in [-0.39, 0.29) is 0 Å². The predicted octanol–water partition coefficient (Wildman–Crippen LogP) is 1.96. The molecule has 0 aliphatic carbocycles. The number of rotatable bonds is 4. The van der Waals surface area contributed by atoms with Crippen molar-refractivity contribution in [3.8, 4) is 0 Å². The molecule has 11 heavy (non-hydrogen) atoms. The van der Waals surface area contributed by atoms with Gasteiger partial charge in [-0.1, -0.05) is 13.0 Å². The molecule has 64 valence electrons. The van der Waals surface area contributed by atoms with Crippen molar-refractivity contribution >= 4 is 0 Å². The van der Waals surface area contributed by atoms with Gasteiger partial charge in [0.1, 0.15) is 0 Å². The van der Waals surface area contributed by atoms with E-state index in [0.29, 0.717) is 5.41 Å². The van der Waals surface area contributed by atoms with Crippen molar-refractivity contribution in [3.05, 3.63) is 12.3 Å². The van der Waals surface area contributed by atoms with E-state index in [2.05, 4.69) is 6.92 Å². The lowest BCUT2D eigenvalue weighted by molar-refractivity contribution is -0.139. The second-order valence-corrected chi connectivity index (χ2v) is 3.13. The van der Waals surface area contributed by atoms with Crippen LogP contribution in [0.15, 0.2) is 12.3 Å². The van der Waals surface area contributed by atoms with Crippen LogP contribution in [0.2, 0.25) is 0 Å². The minimum atomic E-state index is 0.319. The summed E-state index contributed by atoms with van der Waals surface area (Å²) in [6.45, 7) is 6.66. The Kier molecular flexibility index (Phi) is 2.94. The summed E-state index contributed by atoms with van der Waals surface area (Å²) in [4.78, 5) is 0. The van der Waals surface area contributed by atoms with Crippen LogP contribution in [0.1, 0.15) is 20.3 Å². The van der Waals surface area contributed by atoms with Crippen LogP contribution in [0.25, 0.3) is 0 Å². The summed E-state index contributed by atoms with van der Waals surface area (Å²) in [5.74, 6) is 0. The molecule has 1 aliphatic heterocycles. The maximum absolute atomic E-state index is 5.32. The average Bonchev–Trinajstić information content (AvgIpc) is 1.95. The minimum absolute atomic E-state index is 0.319. The van der Waals surface area contributed by atoms with Crippen molar-refractivity contribution in [3.63, 3.8) is 0 Å². The molecule has 0 aromatic heterocycles. The molecule has 0 aromatic rings. The summed E-state index contributed by atoms with van der Waals surface area (Å²) in [5, 5.41) is 0. The zero-order valence-corrected chi connectivity index (χ0v) is 7.30. The van der Waals surface area contributed by atoms with E-state index in [0.717, 1.165) is 26.2 Å². The van der Waals surface area contributed by atoms with Crippen LogP contribution in [-0.2, 0) is 9.47 Å². The SMILES string of the molecule is CC=COCC1(CC)COC1. The van der Waals surface area contributed by atoms with Gasteiger partial charge in [0.05, 0.1) is 31.5 Å². The maximum Gasteiger partial charge on any atom is 0.0973 e. The fourth-order valence-corrected chi connectivity index (χ4v) is 1.10. The number of ether oxygens (including phenoxy) is 2. The molecule has 0 amide bonds. The molecule has 1 aliphatic rings. The molecule has 0 radical (unpaired) electrons. The minimum Gasteiger partial charge on any atom is -0.501 e. The largest absolute Gasteiger partial charge is 0.501 e. The number of hydrogen-bond donors (Lipinski definition) is 0. The standard InChI is InChI=1S/C9H16O2/c1-3-5-10-6-9(4-2)7-11-8-9/h3,5H,4,6-8H2,1-2H3. The zero-order valence-electron chi connectivity index (χ0n) is 7.30. The predicted molar refractivity (Wildman–Crippen MR) is 44.3 cm³/mol. The number of allylic oxidation sites excluding steroid dienone is 1. The molecular weight excluding hydrogens is 140 g/mol. The second kappa shape index (κ2) is 3.77. The van der Waals surface area contributed by atoms with Crippen molar-refractivity contribution in [2.24, 2.45) is 5.41 Å². The molecule has 1 rings (SSSR count). The van der Waals surface area contributed by atoms with Gasteiger partial charge in [0.2, 0.25) is 0 Å². The maximum atomic E-state index is 5.32.